The predicted molar refractivity (Wildman–Crippen MR) is 67.3 cm³/mol. The Morgan fingerprint density at radius 2 is 2.15 bits per heavy atom. The van der Waals surface area contributed by atoms with Gasteiger partial charge in [-0.1, -0.05) is 6.07 Å². The molecule has 2 heterocycles. The maximum Gasteiger partial charge on any atom is 0.433 e. The largest absolute Gasteiger partial charge is 0.433 e. The third-order valence-corrected chi connectivity index (χ3v) is 5.68. The molecule has 0 aromatic carbocycles. The fraction of sp³-hybridized carbons (Fsp3) is 0.583. The molecule has 0 radical (unpaired) electrons. The molecule has 0 N–H and O–H groups in total. The zero-order chi connectivity index (χ0) is 15.0. The van der Waals surface area contributed by atoms with Crippen molar-refractivity contribution in [3.63, 3.8) is 0 Å². The maximum atomic E-state index is 12.8. The van der Waals surface area contributed by atoms with Gasteiger partial charge in [0, 0.05) is 19.3 Å². The van der Waals surface area contributed by atoms with E-state index in [2.05, 4.69) is 4.98 Å². The number of hydrogen-bond donors (Lipinski definition) is 0. The van der Waals surface area contributed by atoms with Gasteiger partial charge >= 0.3 is 6.18 Å². The maximum absolute atomic E-state index is 12.8. The zero-order valence-corrected chi connectivity index (χ0v) is 11.7. The summed E-state index contributed by atoms with van der Waals surface area (Å²) in [4.78, 5) is 3.34. The van der Waals surface area contributed by atoms with Gasteiger partial charge in [-0.2, -0.15) is 17.5 Å². The van der Waals surface area contributed by atoms with Crippen LogP contribution in [0.5, 0.6) is 0 Å². The van der Waals surface area contributed by atoms with E-state index in [1.165, 1.54) is 12.1 Å². The van der Waals surface area contributed by atoms with Gasteiger partial charge in [-0.05, 0) is 31.4 Å². The fourth-order valence-corrected chi connectivity index (χ4v) is 3.94. The number of halogens is 3. The van der Waals surface area contributed by atoms with Gasteiger partial charge in [-0.15, -0.1) is 0 Å². The third-order valence-electron chi connectivity index (χ3n) is 3.39. The molecule has 1 aliphatic heterocycles. The van der Waals surface area contributed by atoms with Gasteiger partial charge < -0.3 is 0 Å². The third kappa shape index (κ3) is 2.95. The van der Waals surface area contributed by atoms with Crippen LogP contribution in [0.1, 0.15) is 31.0 Å². The molecule has 0 bridgehead atoms. The summed E-state index contributed by atoms with van der Waals surface area (Å²) in [6, 6.07) is 2.65. The van der Waals surface area contributed by atoms with Gasteiger partial charge in [0.05, 0.1) is 5.25 Å². The summed E-state index contributed by atoms with van der Waals surface area (Å²) in [6.07, 6.45) is -2.33. The first-order valence-corrected chi connectivity index (χ1v) is 7.73. The van der Waals surface area contributed by atoms with Gasteiger partial charge in [0.1, 0.15) is 5.69 Å². The highest BCUT2D eigenvalue weighted by Gasteiger charge is 2.38. The number of aromatic nitrogens is 1. The molecule has 4 nitrogen and oxygen atoms in total. The van der Waals surface area contributed by atoms with Crippen LogP contribution in [0, 0.1) is 0 Å². The minimum absolute atomic E-state index is 0.113. The molecule has 1 saturated heterocycles. The van der Waals surface area contributed by atoms with E-state index >= 15 is 0 Å². The van der Waals surface area contributed by atoms with E-state index in [-0.39, 0.29) is 18.7 Å². The molecule has 0 saturated carbocycles. The quantitative estimate of drug-likeness (QED) is 0.843. The molecule has 1 unspecified atom stereocenters. The second-order valence-electron chi connectivity index (χ2n) is 4.84. The summed E-state index contributed by atoms with van der Waals surface area (Å²) >= 11 is 0. The highest BCUT2D eigenvalue weighted by atomic mass is 32.2. The van der Waals surface area contributed by atoms with Crippen molar-refractivity contribution >= 4 is 10.0 Å². The van der Waals surface area contributed by atoms with Crippen molar-refractivity contribution in [2.45, 2.75) is 37.7 Å². The van der Waals surface area contributed by atoms with Crippen molar-refractivity contribution in [2.75, 3.05) is 6.54 Å². The van der Waals surface area contributed by atoms with Crippen molar-refractivity contribution in [3.8, 4) is 0 Å². The molecular formula is C12H15F3N2O2S. The van der Waals surface area contributed by atoms with E-state index in [1.807, 2.05) is 0 Å². The molecule has 2 rings (SSSR count). The molecule has 1 fully saturated rings. The molecule has 1 aromatic rings. The van der Waals surface area contributed by atoms with Gasteiger partial charge in [0.25, 0.3) is 0 Å². The SMILES string of the molecule is CC1CCCN(Cc2cccnc2C(F)(F)F)S1(=O)=O. The Balaban J connectivity index is 2.31. The van der Waals surface area contributed by atoms with Gasteiger partial charge in [-0.3, -0.25) is 4.98 Å². The second-order valence-corrected chi connectivity index (χ2v) is 7.19. The number of pyridine rings is 1. The zero-order valence-electron chi connectivity index (χ0n) is 10.9. The minimum atomic E-state index is -4.58. The summed E-state index contributed by atoms with van der Waals surface area (Å²) in [6.45, 7) is 1.55. The molecule has 0 spiro atoms. The van der Waals surface area contributed by atoms with E-state index in [4.69, 9.17) is 0 Å². The van der Waals surface area contributed by atoms with Crippen LogP contribution < -0.4 is 0 Å². The summed E-state index contributed by atoms with van der Waals surface area (Å²) in [5.74, 6) is 0. The van der Waals surface area contributed by atoms with Crippen LogP contribution in [0.25, 0.3) is 0 Å². The summed E-state index contributed by atoms with van der Waals surface area (Å²) < 4.78 is 63.8. The Morgan fingerprint density at radius 3 is 2.80 bits per heavy atom. The lowest BCUT2D eigenvalue weighted by atomic mass is 10.1. The van der Waals surface area contributed by atoms with Crippen molar-refractivity contribution in [1.82, 2.24) is 9.29 Å². The molecule has 1 aliphatic rings. The second kappa shape index (κ2) is 5.33. The van der Waals surface area contributed by atoms with Crippen LogP contribution in [-0.4, -0.2) is 29.5 Å². The Kier molecular flexibility index (Phi) is 4.06. The summed E-state index contributed by atoms with van der Waals surface area (Å²) in [7, 11) is -3.52. The average Bonchev–Trinajstić information content (AvgIpc) is 2.35. The molecular weight excluding hydrogens is 293 g/mol. The molecule has 112 valence electrons. The lowest BCUT2D eigenvalue weighted by Crippen LogP contribution is -2.42. The van der Waals surface area contributed by atoms with Crippen LogP contribution in [0.3, 0.4) is 0 Å². The van der Waals surface area contributed by atoms with Crippen LogP contribution >= 0.6 is 0 Å². The van der Waals surface area contributed by atoms with E-state index in [9.17, 15) is 21.6 Å². The van der Waals surface area contributed by atoms with Crippen LogP contribution in [0.4, 0.5) is 13.2 Å². The number of rotatable bonds is 2. The Labute approximate surface area is 115 Å². The topological polar surface area (TPSA) is 50.3 Å². The number of nitrogens with zero attached hydrogens (tertiary/aromatic N) is 2. The van der Waals surface area contributed by atoms with Crippen molar-refractivity contribution < 1.29 is 21.6 Å². The number of alkyl halides is 3. The lowest BCUT2D eigenvalue weighted by molar-refractivity contribution is -0.142. The Hall–Kier alpha value is -1.15. The lowest BCUT2D eigenvalue weighted by Gasteiger charge is -2.31. The number of hydrogen-bond acceptors (Lipinski definition) is 3. The molecule has 20 heavy (non-hydrogen) atoms. The summed E-state index contributed by atoms with van der Waals surface area (Å²) in [5.41, 5.74) is -1.13. The highest BCUT2D eigenvalue weighted by molar-refractivity contribution is 7.89. The van der Waals surface area contributed by atoms with E-state index < -0.39 is 27.1 Å². The average molecular weight is 308 g/mol. The van der Waals surface area contributed by atoms with Crippen LogP contribution in [0.15, 0.2) is 18.3 Å². The standard InChI is InChI=1S/C12H15F3N2O2S/c1-9-4-3-7-17(20(9,18)19)8-10-5-2-6-16-11(10)12(13,14)15/h2,5-6,9H,3-4,7-8H2,1H3. The van der Waals surface area contributed by atoms with E-state index in [0.29, 0.717) is 12.8 Å². The fourth-order valence-electron chi connectivity index (χ4n) is 2.27. The first kappa shape index (κ1) is 15.2. The Morgan fingerprint density at radius 1 is 1.45 bits per heavy atom. The normalized spacial score (nSPS) is 23.7. The smallest absolute Gasteiger partial charge is 0.251 e. The van der Waals surface area contributed by atoms with Crippen molar-refractivity contribution in [2.24, 2.45) is 0 Å². The highest BCUT2D eigenvalue weighted by Crippen LogP contribution is 2.32. The predicted octanol–water partition coefficient (Wildman–Crippen LogP) is 2.41. The minimum Gasteiger partial charge on any atom is -0.251 e. The molecule has 1 atom stereocenters. The Bertz CT molecular complexity index is 587. The molecule has 0 amide bonds. The monoisotopic (exact) mass is 308 g/mol. The van der Waals surface area contributed by atoms with Gasteiger partial charge in [-0.25, -0.2) is 8.42 Å². The van der Waals surface area contributed by atoms with Crippen molar-refractivity contribution in [3.05, 3.63) is 29.6 Å². The molecule has 8 heteroatoms. The van der Waals surface area contributed by atoms with Crippen LogP contribution in [-0.2, 0) is 22.7 Å². The van der Waals surface area contributed by atoms with Gasteiger partial charge in [0.2, 0.25) is 10.0 Å². The first-order valence-electron chi connectivity index (χ1n) is 6.23. The molecule has 1 aromatic heterocycles. The van der Waals surface area contributed by atoms with Crippen LogP contribution in [0.2, 0.25) is 0 Å². The summed E-state index contributed by atoms with van der Waals surface area (Å²) in [5, 5.41) is -0.553. The van der Waals surface area contributed by atoms with Crippen molar-refractivity contribution in [1.29, 1.82) is 0 Å². The van der Waals surface area contributed by atoms with Gasteiger partial charge in [0.15, 0.2) is 0 Å². The van der Waals surface area contributed by atoms with E-state index in [1.54, 1.807) is 6.92 Å². The van der Waals surface area contributed by atoms with E-state index in [0.717, 1.165) is 10.5 Å². The number of sulfonamides is 1. The first-order chi connectivity index (χ1) is 9.23. The molecule has 0 aliphatic carbocycles.